The molecule has 21 heavy (non-hydrogen) atoms. The van der Waals surface area contributed by atoms with Gasteiger partial charge in [0.25, 0.3) is 0 Å². The van der Waals surface area contributed by atoms with Crippen molar-refractivity contribution >= 4 is 23.8 Å². The number of nitrogens with one attached hydrogen (secondary N) is 2. The van der Waals surface area contributed by atoms with Gasteiger partial charge in [0.2, 0.25) is 11.8 Å². The zero-order chi connectivity index (χ0) is 16.0. The van der Waals surface area contributed by atoms with Gasteiger partial charge in [-0.3, -0.25) is 14.4 Å². The molecule has 2 amide bonds. The SMILES string of the molecule is CCOC(=O)[C@@H](C)C[C@H](NC(=O)[C@@H]1CCC(=O)N1)C(=O)O. The molecule has 0 radical (unpaired) electrons. The Morgan fingerprint density at radius 2 is 2.14 bits per heavy atom. The summed E-state index contributed by atoms with van der Waals surface area (Å²) < 4.78 is 4.80. The summed E-state index contributed by atoms with van der Waals surface area (Å²) in [6, 6.07) is -1.91. The molecule has 0 bridgehead atoms. The average molecular weight is 300 g/mol. The van der Waals surface area contributed by atoms with Crippen LogP contribution in [-0.4, -0.2) is 47.6 Å². The number of ether oxygens (including phenoxy) is 1. The van der Waals surface area contributed by atoms with E-state index in [1.165, 1.54) is 6.92 Å². The third-order valence-electron chi connectivity index (χ3n) is 3.20. The van der Waals surface area contributed by atoms with Gasteiger partial charge < -0.3 is 20.5 Å². The monoisotopic (exact) mass is 300 g/mol. The van der Waals surface area contributed by atoms with Crippen LogP contribution in [-0.2, 0) is 23.9 Å². The van der Waals surface area contributed by atoms with Crippen molar-refractivity contribution in [2.24, 2.45) is 5.92 Å². The van der Waals surface area contributed by atoms with Crippen molar-refractivity contribution in [3.63, 3.8) is 0 Å². The summed E-state index contributed by atoms with van der Waals surface area (Å²) in [4.78, 5) is 45.6. The molecular weight excluding hydrogens is 280 g/mol. The molecule has 3 N–H and O–H groups in total. The molecule has 1 aliphatic rings. The Balaban J connectivity index is 2.57. The third kappa shape index (κ3) is 5.05. The molecule has 1 heterocycles. The molecule has 0 aromatic rings. The number of carboxylic acids is 1. The summed E-state index contributed by atoms with van der Waals surface area (Å²) >= 11 is 0. The molecule has 0 unspecified atom stereocenters. The largest absolute Gasteiger partial charge is 0.480 e. The van der Waals surface area contributed by atoms with E-state index in [0.29, 0.717) is 6.42 Å². The number of hydrogen-bond acceptors (Lipinski definition) is 5. The highest BCUT2D eigenvalue weighted by molar-refractivity contribution is 5.92. The molecule has 1 saturated heterocycles. The van der Waals surface area contributed by atoms with Gasteiger partial charge in [0.15, 0.2) is 0 Å². The molecular formula is C13H20N2O6. The molecule has 0 aromatic heterocycles. The van der Waals surface area contributed by atoms with Crippen molar-refractivity contribution < 1.29 is 29.0 Å². The van der Waals surface area contributed by atoms with E-state index in [-0.39, 0.29) is 25.4 Å². The fourth-order valence-corrected chi connectivity index (χ4v) is 2.04. The van der Waals surface area contributed by atoms with E-state index >= 15 is 0 Å². The number of carboxylic acid groups (broad SMARTS) is 1. The van der Waals surface area contributed by atoms with E-state index in [0.717, 1.165) is 0 Å². The van der Waals surface area contributed by atoms with Gasteiger partial charge in [-0.15, -0.1) is 0 Å². The minimum absolute atomic E-state index is 0.0689. The quantitative estimate of drug-likeness (QED) is 0.541. The summed E-state index contributed by atoms with van der Waals surface area (Å²) in [5.74, 6) is -3.17. The summed E-state index contributed by atoms with van der Waals surface area (Å²) in [5, 5.41) is 13.9. The summed E-state index contributed by atoms with van der Waals surface area (Å²) in [6.45, 7) is 3.41. The first kappa shape index (κ1) is 16.9. The van der Waals surface area contributed by atoms with Crippen LogP contribution >= 0.6 is 0 Å². The van der Waals surface area contributed by atoms with Crippen LogP contribution in [0, 0.1) is 5.92 Å². The van der Waals surface area contributed by atoms with E-state index in [4.69, 9.17) is 9.84 Å². The van der Waals surface area contributed by atoms with E-state index in [2.05, 4.69) is 10.6 Å². The van der Waals surface area contributed by atoms with Gasteiger partial charge in [-0.05, 0) is 19.8 Å². The highest BCUT2D eigenvalue weighted by atomic mass is 16.5. The lowest BCUT2D eigenvalue weighted by atomic mass is 10.0. The minimum atomic E-state index is -1.23. The van der Waals surface area contributed by atoms with Gasteiger partial charge in [-0.25, -0.2) is 4.79 Å². The fraction of sp³-hybridized carbons (Fsp3) is 0.692. The summed E-state index contributed by atoms with van der Waals surface area (Å²) in [5.41, 5.74) is 0. The molecule has 3 atom stereocenters. The number of amides is 2. The molecule has 0 aliphatic carbocycles. The average Bonchev–Trinajstić information content (AvgIpc) is 2.84. The lowest BCUT2D eigenvalue weighted by Crippen LogP contribution is -2.49. The summed E-state index contributed by atoms with van der Waals surface area (Å²) in [7, 11) is 0. The van der Waals surface area contributed by atoms with Crippen molar-refractivity contribution in [1.82, 2.24) is 10.6 Å². The van der Waals surface area contributed by atoms with E-state index in [1.54, 1.807) is 6.92 Å². The first-order valence-electron chi connectivity index (χ1n) is 6.84. The van der Waals surface area contributed by atoms with Crippen LogP contribution in [0.4, 0.5) is 0 Å². The van der Waals surface area contributed by atoms with Crippen molar-refractivity contribution in [3.05, 3.63) is 0 Å². The van der Waals surface area contributed by atoms with Gasteiger partial charge in [0.05, 0.1) is 12.5 Å². The Morgan fingerprint density at radius 3 is 2.62 bits per heavy atom. The Bertz CT molecular complexity index is 436. The molecule has 1 aliphatic heterocycles. The second kappa shape index (κ2) is 7.61. The van der Waals surface area contributed by atoms with Gasteiger partial charge in [0.1, 0.15) is 12.1 Å². The third-order valence-corrected chi connectivity index (χ3v) is 3.20. The number of rotatable bonds is 7. The predicted octanol–water partition coefficient (Wildman–Crippen LogP) is -0.576. The summed E-state index contributed by atoms with van der Waals surface area (Å²) in [6.07, 6.45) is 0.514. The van der Waals surface area contributed by atoms with Crippen LogP contribution in [0.2, 0.25) is 0 Å². The van der Waals surface area contributed by atoms with Gasteiger partial charge in [0, 0.05) is 6.42 Å². The highest BCUT2D eigenvalue weighted by Gasteiger charge is 2.32. The zero-order valence-electron chi connectivity index (χ0n) is 12.0. The van der Waals surface area contributed by atoms with Crippen LogP contribution in [0.5, 0.6) is 0 Å². The number of esters is 1. The van der Waals surface area contributed by atoms with Crippen molar-refractivity contribution in [3.8, 4) is 0 Å². The van der Waals surface area contributed by atoms with Crippen LogP contribution < -0.4 is 10.6 Å². The molecule has 0 spiro atoms. The molecule has 0 saturated carbocycles. The fourth-order valence-electron chi connectivity index (χ4n) is 2.04. The lowest BCUT2D eigenvalue weighted by Gasteiger charge is -2.19. The number of aliphatic carboxylic acids is 1. The molecule has 8 nitrogen and oxygen atoms in total. The second-order valence-electron chi connectivity index (χ2n) is 4.95. The van der Waals surface area contributed by atoms with Crippen LogP contribution in [0.15, 0.2) is 0 Å². The minimum Gasteiger partial charge on any atom is -0.480 e. The maximum atomic E-state index is 11.9. The molecule has 8 heteroatoms. The molecule has 1 rings (SSSR count). The van der Waals surface area contributed by atoms with Crippen molar-refractivity contribution in [2.45, 2.75) is 45.2 Å². The predicted molar refractivity (Wildman–Crippen MR) is 71.1 cm³/mol. The van der Waals surface area contributed by atoms with Crippen LogP contribution in [0.25, 0.3) is 0 Å². The van der Waals surface area contributed by atoms with E-state index in [9.17, 15) is 19.2 Å². The van der Waals surface area contributed by atoms with E-state index < -0.39 is 35.8 Å². The molecule has 1 fully saturated rings. The number of hydrogen-bond donors (Lipinski definition) is 3. The van der Waals surface area contributed by atoms with E-state index in [1.807, 2.05) is 0 Å². The first-order chi connectivity index (χ1) is 9.85. The smallest absolute Gasteiger partial charge is 0.326 e. The van der Waals surface area contributed by atoms with Gasteiger partial charge in [-0.1, -0.05) is 6.92 Å². The standard InChI is InChI=1S/C13H20N2O6/c1-3-21-13(20)7(2)6-9(12(18)19)15-11(17)8-4-5-10(16)14-8/h7-9H,3-6H2,1-2H3,(H,14,16)(H,15,17)(H,18,19)/t7-,8-,9-/m0/s1. The highest BCUT2D eigenvalue weighted by Crippen LogP contribution is 2.11. The lowest BCUT2D eigenvalue weighted by molar-refractivity contribution is -0.149. The Hall–Kier alpha value is -2.12. The molecule has 118 valence electrons. The Kier molecular flexibility index (Phi) is 6.13. The number of carbonyl (C=O) groups excluding carboxylic acids is 3. The zero-order valence-corrected chi connectivity index (χ0v) is 12.0. The second-order valence-corrected chi connectivity index (χ2v) is 4.95. The van der Waals surface area contributed by atoms with Crippen molar-refractivity contribution in [1.29, 1.82) is 0 Å². The maximum absolute atomic E-state index is 11.9. The molecule has 0 aromatic carbocycles. The topological polar surface area (TPSA) is 122 Å². The normalized spacial score (nSPS) is 20.3. The number of carbonyl (C=O) groups is 4. The van der Waals surface area contributed by atoms with Crippen LogP contribution in [0.1, 0.15) is 33.1 Å². The maximum Gasteiger partial charge on any atom is 0.326 e. The Labute approximate surface area is 122 Å². The Morgan fingerprint density at radius 1 is 1.48 bits per heavy atom. The van der Waals surface area contributed by atoms with Gasteiger partial charge in [-0.2, -0.15) is 0 Å². The van der Waals surface area contributed by atoms with Gasteiger partial charge >= 0.3 is 11.9 Å². The van der Waals surface area contributed by atoms with Crippen LogP contribution in [0.3, 0.4) is 0 Å². The first-order valence-corrected chi connectivity index (χ1v) is 6.84. The van der Waals surface area contributed by atoms with Crippen molar-refractivity contribution in [2.75, 3.05) is 6.61 Å².